The zero-order valence-electron chi connectivity index (χ0n) is 8.73. The average molecular weight is 246 g/mol. The minimum atomic E-state index is 0.960. The van der Waals surface area contributed by atoms with Crippen LogP contribution < -0.4 is 0 Å². The van der Waals surface area contributed by atoms with E-state index in [1.165, 1.54) is 4.88 Å². The van der Waals surface area contributed by atoms with Gasteiger partial charge in [0, 0.05) is 16.6 Å². The molecule has 0 aliphatic heterocycles. The molecule has 0 amide bonds. The Morgan fingerprint density at radius 2 is 2.19 bits per heavy atom. The molecule has 4 heteroatoms. The van der Waals surface area contributed by atoms with Crippen molar-refractivity contribution in [1.29, 1.82) is 0 Å². The summed E-state index contributed by atoms with van der Waals surface area (Å²) in [6.45, 7) is 2.07. The van der Waals surface area contributed by atoms with Gasteiger partial charge in [-0.1, -0.05) is 6.07 Å². The van der Waals surface area contributed by atoms with E-state index >= 15 is 0 Å². The van der Waals surface area contributed by atoms with Crippen LogP contribution in [0.3, 0.4) is 0 Å². The summed E-state index contributed by atoms with van der Waals surface area (Å²) in [4.78, 5) is 9.21. The van der Waals surface area contributed by atoms with Crippen molar-refractivity contribution in [1.82, 2.24) is 9.97 Å². The Kier molecular flexibility index (Phi) is 2.38. The van der Waals surface area contributed by atoms with E-state index in [4.69, 9.17) is 0 Å². The maximum absolute atomic E-state index is 4.66. The zero-order valence-corrected chi connectivity index (χ0v) is 10.4. The number of H-pyrrole nitrogens is 1. The number of hydrogen-bond acceptors (Lipinski definition) is 3. The predicted octanol–water partition coefficient (Wildman–Crippen LogP) is 4.18. The molecule has 3 aromatic heterocycles. The van der Waals surface area contributed by atoms with E-state index in [-0.39, 0.29) is 0 Å². The van der Waals surface area contributed by atoms with Crippen molar-refractivity contribution in [2.45, 2.75) is 6.92 Å². The minimum Gasteiger partial charge on any atom is -0.341 e. The fraction of sp³-hybridized carbons (Fsp3) is 0.0833. The Morgan fingerprint density at radius 1 is 1.25 bits per heavy atom. The van der Waals surface area contributed by atoms with Gasteiger partial charge in [0.15, 0.2) is 0 Å². The molecule has 0 aliphatic rings. The maximum Gasteiger partial charge on any atom is 0.139 e. The number of aromatic nitrogens is 2. The number of nitrogens with zero attached hydrogens (tertiary/aromatic N) is 1. The summed E-state index contributed by atoms with van der Waals surface area (Å²) in [6, 6.07) is 6.24. The van der Waals surface area contributed by atoms with Crippen LogP contribution in [-0.4, -0.2) is 9.97 Å². The van der Waals surface area contributed by atoms with Crippen molar-refractivity contribution >= 4 is 22.7 Å². The second-order valence-corrected chi connectivity index (χ2v) is 5.28. The molecule has 3 heterocycles. The van der Waals surface area contributed by atoms with E-state index in [1.807, 2.05) is 0 Å². The Morgan fingerprint density at radius 3 is 2.88 bits per heavy atom. The molecule has 0 aromatic carbocycles. The summed E-state index contributed by atoms with van der Waals surface area (Å²) in [5.41, 5.74) is 3.36. The van der Waals surface area contributed by atoms with Crippen LogP contribution in [0.15, 0.2) is 34.3 Å². The lowest BCUT2D eigenvalue weighted by molar-refractivity contribution is 1.26. The van der Waals surface area contributed by atoms with Crippen LogP contribution in [0, 0.1) is 6.92 Å². The van der Waals surface area contributed by atoms with E-state index in [0.29, 0.717) is 0 Å². The van der Waals surface area contributed by atoms with Gasteiger partial charge in [-0.3, -0.25) is 0 Å². The number of hydrogen-bond donors (Lipinski definition) is 1. The molecule has 0 atom stereocenters. The van der Waals surface area contributed by atoms with Gasteiger partial charge >= 0.3 is 0 Å². The van der Waals surface area contributed by atoms with Crippen LogP contribution >= 0.6 is 22.7 Å². The van der Waals surface area contributed by atoms with Crippen LogP contribution in [-0.2, 0) is 0 Å². The van der Waals surface area contributed by atoms with Gasteiger partial charge < -0.3 is 4.98 Å². The highest BCUT2D eigenvalue weighted by Crippen LogP contribution is 2.29. The number of thiophene rings is 2. The van der Waals surface area contributed by atoms with Crippen molar-refractivity contribution in [3.05, 3.63) is 40.0 Å². The second-order valence-electron chi connectivity index (χ2n) is 3.55. The third kappa shape index (κ3) is 1.60. The number of aromatic amines is 1. The van der Waals surface area contributed by atoms with Gasteiger partial charge in [-0.05, 0) is 29.8 Å². The van der Waals surface area contributed by atoms with Crippen molar-refractivity contribution in [3.8, 4) is 22.0 Å². The quantitative estimate of drug-likeness (QED) is 0.722. The first-order valence-electron chi connectivity index (χ1n) is 4.97. The molecule has 2 nitrogen and oxygen atoms in total. The SMILES string of the molecule is Cc1[nH]c(-c2ccsc2)nc1-c1cccs1. The third-order valence-corrected chi connectivity index (χ3v) is 3.99. The summed E-state index contributed by atoms with van der Waals surface area (Å²) < 4.78 is 0. The summed E-state index contributed by atoms with van der Waals surface area (Å²) in [5, 5.41) is 6.25. The average Bonchev–Trinajstić information content (AvgIpc) is 2.97. The van der Waals surface area contributed by atoms with E-state index in [0.717, 1.165) is 22.8 Å². The first kappa shape index (κ1) is 9.81. The number of aryl methyl sites for hydroxylation is 1. The van der Waals surface area contributed by atoms with E-state index < -0.39 is 0 Å². The van der Waals surface area contributed by atoms with Crippen molar-refractivity contribution in [3.63, 3.8) is 0 Å². The molecule has 1 N–H and O–H groups in total. The van der Waals surface area contributed by atoms with Gasteiger partial charge in [0.05, 0.1) is 4.88 Å². The molecule has 0 radical (unpaired) electrons. The molecule has 80 valence electrons. The minimum absolute atomic E-state index is 0.960. The monoisotopic (exact) mass is 246 g/mol. The normalized spacial score (nSPS) is 10.8. The molecule has 3 aromatic rings. The molecule has 3 rings (SSSR count). The molecular weight excluding hydrogens is 236 g/mol. The van der Waals surface area contributed by atoms with Gasteiger partial charge in [0.25, 0.3) is 0 Å². The van der Waals surface area contributed by atoms with E-state index in [2.05, 4.69) is 51.2 Å². The maximum atomic E-state index is 4.66. The highest BCUT2D eigenvalue weighted by atomic mass is 32.1. The Hall–Kier alpha value is -1.39. The highest BCUT2D eigenvalue weighted by Gasteiger charge is 2.10. The van der Waals surface area contributed by atoms with Crippen LogP contribution in [0.2, 0.25) is 0 Å². The summed E-state index contributed by atoms with van der Waals surface area (Å²) in [6.07, 6.45) is 0. The Balaban J connectivity index is 2.09. The van der Waals surface area contributed by atoms with E-state index in [9.17, 15) is 0 Å². The Labute approximate surface area is 102 Å². The molecule has 16 heavy (non-hydrogen) atoms. The molecular formula is C12H10N2S2. The summed E-state index contributed by atoms with van der Waals surface area (Å²) in [5.74, 6) is 0.960. The van der Waals surface area contributed by atoms with Crippen LogP contribution in [0.1, 0.15) is 5.69 Å². The van der Waals surface area contributed by atoms with Crippen LogP contribution in [0.4, 0.5) is 0 Å². The lowest BCUT2D eigenvalue weighted by Crippen LogP contribution is -1.75. The largest absolute Gasteiger partial charge is 0.341 e. The molecule has 0 saturated heterocycles. The lowest BCUT2D eigenvalue weighted by Gasteiger charge is -1.90. The number of nitrogens with one attached hydrogen (secondary N) is 1. The van der Waals surface area contributed by atoms with Gasteiger partial charge in [0.1, 0.15) is 11.5 Å². The van der Waals surface area contributed by atoms with Crippen molar-refractivity contribution in [2.24, 2.45) is 0 Å². The number of imidazole rings is 1. The molecule has 0 bridgehead atoms. The molecule has 0 spiro atoms. The van der Waals surface area contributed by atoms with Crippen LogP contribution in [0.5, 0.6) is 0 Å². The summed E-state index contributed by atoms with van der Waals surface area (Å²) >= 11 is 3.41. The third-order valence-electron chi connectivity index (χ3n) is 2.43. The molecule has 0 aliphatic carbocycles. The first-order chi connectivity index (χ1) is 7.84. The smallest absolute Gasteiger partial charge is 0.139 e. The zero-order chi connectivity index (χ0) is 11.0. The number of rotatable bonds is 2. The topological polar surface area (TPSA) is 28.7 Å². The highest BCUT2D eigenvalue weighted by molar-refractivity contribution is 7.13. The van der Waals surface area contributed by atoms with Crippen molar-refractivity contribution < 1.29 is 0 Å². The summed E-state index contributed by atoms with van der Waals surface area (Å²) in [7, 11) is 0. The van der Waals surface area contributed by atoms with E-state index in [1.54, 1.807) is 22.7 Å². The van der Waals surface area contributed by atoms with Gasteiger partial charge in [-0.15, -0.1) is 11.3 Å². The fourth-order valence-corrected chi connectivity index (χ4v) is 3.06. The molecule has 0 saturated carbocycles. The van der Waals surface area contributed by atoms with Gasteiger partial charge in [-0.2, -0.15) is 11.3 Å². The standard InChI is InChI=1S/C12H10N2S2/c1-8-11(10-3-2-5-16-10)14-12(13-8)9-4-6-15-7-9/h2-7H,1H3,(H,13,14). The predicted molar refractivity (Wildman–Crippen MR) is 70.0 cm³/mol. The van der Waals surface area contributed by atoms with Gasteiger partial charge in [-0.25, -0.2) is 4.98 Å². The van der Waals surface area contributed by atoms with Crippen LogP contribution in [0.25, 0.3) is 22.0 Å². The van der Waals surface area contributed by atoms with Gasteiger partial charge in [0.2, 0.25) is 0 Å². The fourth-order valence-electron chi connectivity index (χ4n) is 1.65. The Bertz CT molecular complexity index is 577. The lowest BCUT2D eigenvalue weighted by atomic mass is 10.3. The first-order valence-corrected chi connectivity index (χ1v) is 6.80. The van der Waals surface area contributed by atoms with Crippen molar-refractivity contribution in [2.75, 3.05) is 0 Å². The molecule has 0 fully saturated rings. The molecule has 0 unspecified atom stereocenters. The second kappa shape index (κ2) is 3.88.